The van der Waals surface area contributed by atoms with Crippen molar-refractivity contribution >= 4 is 22.4 Å². The summed E-state index contributed by atoms with van der Waals surface area (Å²) in [5.41, 5.74) is 2.10. The number of nitrogens with one attached hydrogen (secondary N) is 1. The summed E-state index contributed by atoms with van der Waals surface area (Å²) < 4.78 is 0. The van der Waals surface area contributed by atoms with E-state index in [1.54, 1.807) is 0 Å². The van der Waals surface area contributed by atoms with Gasteiger partial charge in [-0.3, -0.25) is 4.79 Å². The molecule has 3 nitrogen and oxygen atoms in total. The van der Waals surface area contributed by atoms with Gasteiger partial charge in [0.25, 0.3) is 5.91 Å². The molecule has 0 bridgehead atoms. The maximum Gasteiger partial charge on any atom is 0.279 e. The Morgan fingerprint density at radius 2 is 1.65 bits per heavy atom. The SMILES string of the molecule is C[C@H]([NH2+]CC(=O)Nc1ccccc1)c1cccc2ccccc12. The van der Waals surface area contributed by atoms with Crippen molar-refractivity contribution in [2.75, 3.05) is 11.9 Å². The number of fused-ring (bicyclic) bond motifs is 1. The number of carbonyl (C=O) groups is 1. The lowest BCUT2D eigenvalue weighted by Crippen LogP contribution is -2.86. The Bertz CT molecular complexity index is 794. The number of quaternary nitrogens is 1. The predicted octanol–water partition coefficient (Wildman–Crippen LogP) is 3.10. The lowest BCUT2D eigenvalue weighted by atomic mass is 10.00. The first-order chi connectivity index (χ1) is 11.2. The van der Waals surface area contributed by atoms with E-state index in [4.69, 9.17) is 0 Å². The first kappa shape index (κ1) is 15.3. The molecule has 0 fully saturated rings. The number of hydrogen-bond donors (Lipinski definition) is 2. The lowest BCUT2D eigenvalue weighted by Gasteiger charge is -2.13. The summed E-state index contributed by atoms with van der Waals surface area (Å²) in [6.07, 6.45) is 0. The van der Waals surface area contributed by atoms with E-state index in [-0.39, 0.29) is 11.9 Å². The quantitative estimate of drug-likeness (QED) is 0.747. The van der Waals surface area contributed by atoms with Gasteiger partial charge in [-0.25, -0.2) is 0 Å². The van der Waals surface area contributed by atoms with Gasteiger partial charge in [0.15, 0.2) is 6.54 Å². The third-order valence-electron chi connectivity index (χ3n) is 4.03. The molecule has 3 aromatic rings. The van der Waals surface area contributed by atoms with Crippen LogP contribution in [0.25, 0.3) is 10.8 Å². The summed E-state index contributed by atoms with van der Waals surface area (Å²) in [4.78, 5) is 12.1. The van der Waals surface area contributed by atoms with E-state index in [0.29, 0.717) is 6.54 Å². The molecule has 0 aromatic heterocycles. The molecular formula is C20H21N2O+. The Morgan fingerprint density at radius 1 is 0.957 bits per heavy atom. The van der Waals surface area contributed by atoms with E-state index in [1.165, 1.54) is 16.3 Å². The summed E-state index contributed by atoms with van der Waals surface area (Å²) in [7, 11) is 0. The smallest absolute Gasteiger partial charge is 0.279 e. The molecule has 1 amide bonds. The molecule has 3 N–H and O–H groups in total. The van der Waals surface area contributed by atoms with E-state index in [1.807, 2.05) is 36.4 Å². The van der Waals surface area contributed by atoms with Crippen LogP contribution in [0.2, 0.25) is 0 Å². The van der Waals surface area contributed by atoms with Crippen LogP contribution in [-0.4, -0.2) is 12.5 Å². The Labute approximate surface area is 136 Å². The number of carbonyl (C=O) groups excluding carboxylic acids is 1. The topological polar surface area (TPSA) is 45.7 Å². The van der Waals surface area contributed by atoms with E-state index >= 15 is 0 Å². The average Bonchev–Trinajstić information content (AvgIpc) is 2.60. The number of benzene rings is 3. The molecule has 116 valence electrons. The van der Waals surface area contributed by atoms with Gasteiger partial charge in [-0.15, -0.1) is 0 Å². The molecule has 0 unspecified atom stereocenters. The van der Waals surface area contributed by atoms with Crippen LogP contribution in [0, 0.1) is 0 Å². The molecular weight excluding hydrogens is 284 g/mol. The maximum absolute atomic E-state index is 12.1. The first-order valence-electron chi connectivity index (χ1n) is 7.90. The second-order valence-electron chi connectivity index (χ2n) is 5.71. The Morgan fingerprint density at radius 3 is 2.48 bits per heavy atom. The van der Waals surface area contributed by atoms with Crippen molar-refractivity contribution in [1.29, 1.82) is 0 Å². The van der Waals surface area contributed by atoms with Gasteiger partial charge in [0.2, 0.25) is 0 Å². The Hall–Kier alpha value is -2.65. The molecule has 0 radical (unpaired) electrons. The second kappa shape index (κ2) is 7.07. The summed E-state index contributed by atoms with van der Waals surface area (Å²) in [5, 5.41) is 7.47. The van der Waals surface area contributed by atoms with E-state index in [9.17, 15) is 4.79 Å². The molecule has 23 heavy (non-hydrogen) atoms. The minimum absolute atomic E-state index is 0.0169. The highest BCUT2D eigenvalue weighted by molar-refractivity contribution is 5.91. The number of hydrogen-bond acceptors (Lipinski definition) is 1. The largest absolute Gasteiger partial charge is 0.332 e. The van der Waals surface area contributed by atoms with Gasteiger partial charge in [0, 0.05) is 11.3 Å². The molecule has 0 aliphatic carbocycles. The highest BCUT2D eigenvalue weighted by Gasteiger charge is 2.14. The van der Waals surface area contributed by atoms with E-state index in [0.717, 1.165) is 5.69 Å². The zero-order valence-corrected chi connectivity index (χ0v) is 13.2. The zero-order valence-electron chi connectivity index (χ0n) is 13.2. The van der Waals surface area contributed by atoms with E-state index < -0.39 is 0 Å². The standard InChI is InChI=1S/C20H20N2O/c1-15(18-13-7-9-16-8-5-6-12-19(16)18)21-14-20(23)22-17-10-3-2-4-11-17/h2-13,15,21H,14H2,1H3,(H,22,23)/p+1/t15-/m0/s1. The minimum Gasteiger partial charge on any atom is -0.332 e. The number of amides is 1. The van der Waals surface area contributed by atoms with Gasteiger partial charge in [-0.2, -0.15) is 0 Å². The average molecular weight is 305 g/mol. The highest BCUT2D eigenvalue weighted by Crippen LogP contribution is 2.21. The van der Waals surface area contributed by atoms with Crippen LogP contribution >= 0.6 is 0 Å². The van der Waals surface area contributed by atoms with Crippen molar-refractivity contribution in [1.82, 2.24) is 0 Å². The van der Waals surface area contributed by atoms with Crippen molar-refractivity contribution in [2.24, 2.45) is 0 Å². The molecule has 0 aliphatic rings. The van der Waals surface area contributed by atoms with Crippen molar-refractivity contribution in [2.45, 2.75) is 13.0 Å². The number of rotatable bonds is 5. The first-order valence-corrected chi connectivity index (χ1v) is 7.90. The lowest BCUT2D eigenvalue weighted by molar-refractivity contribution is -0.682. The van der Waals surface area contributed by atoms with Crippen LogP contribution < -0.4 is 10.6 Å². The number of para-hydroxylation sites is 1. The Kier molecular flexibility index (Phi) is 4.69. The molecule has 3 heteroatoms. The zero-order chi connectivity index (χ0) is 16.1. The van der Waals surface area contributed by atoms with Crippen LogP contribution in [0.15, 0.2) is 72.8 Å². The third-order valence-corrected chi connectivity index (χ3v) is 4.03. The van der Waals surface area contributed by atoms with E-state index in [2.05, 4.69) is 54.0 Å². The molecule has 1 atom stereocenters. The van der Waals surface area contributed by atoms with Gasteiger partial charge in [0.1, 0.15) is 6.04 Å². The van der Waals surface area contributed by atoms with Crippen LogP contribution in [0.3, 0.4) is 0 Å². The highest BCUT2D eigenvalue weighted by atomic mass is 16.1. The monoisotopic (exact) mass is 305 g/mol. The number of nitrogens with two attached hydrogens (primary N) is 1. The normalized spacial score (nSPS) is 12.0. The molecule has 3 aromatic carbocycles. The van der Waals surface area contributed by atoms with Gasteiger partial charge in [0.05, 0.1) is 0 Å². The van der Waals surface area contributed by atoms with Crippen molar-refractivity contribution < 1.29 is 10.1 Å². The fraction of sp³-hybridized carbons (Fsp3) is 0.150. The molecule has 3 rings (SSSR count). The van der Waals surface area contributed by atoms with Crippen LogP contribution in [-0.2, 0) is 4.79 Å². The summed E-state index contributed by atoms with van der Waals surface area (Å²) >= 11 is 0. The van der Waals surface area contributed by atoms with Crippen molar-refractivity contribution in [3.8, 4) is 0 Å². The van der Waals surface area contributed by atoms with Gasteiger partial charge in [-0.05, 0) is 29.8 Å². The predicted molar refractivity (Wildman–Crippen MR) is 94.2 cm³/mol. The molecule has 0 saturated heterocycles. The van der Waals surface area contributed by atoms with Gasteiger partial charge < -0.3 is 10.6 Å². The molecule has 0 spiro atoms. The van der Waals surface area contributed by atoms with Crippen LogP contribution in [0.4, 0.5) is 5.69 Å². The van der Waals surface area contributed by atoms with Crippen LogP contribution in [0.1, 0.15) is 18.5 Å². The third kappa shape index (κ3) is 3.76. The Balaban J connectivity index is 1.65. The summed E-state index contributed by atoms with van der Waals surface area (Å²) in [6, 6.07) is 24.5. The van der Waals surface area contributed by atoms with Gasteiger partial charge >= 0.3 is 0 Å². The fourth-order valence-corrected chi connectivity index (χ4v) is 2.79. The molecule has 0 aliphatic heterocycles. The second-order valence-corrected chi connectivity index (χ2v) is 5.71. The summed E-state index contributed by atoms with van der Waals surface area (Å²) in [6.45, 7) is 2.54. The van der Waals surface area contributed by atoms with Gasteiger partial charge in [-0.1, -0.05) is 60.7 Å². The maximum atomic E-state index is 12.1. The van der Waals surface area contributed by atoms with Crippen molar-refractivity contribution in [3.05, 3.63) is 78.4 Å². The van der Waals surface area contributed by atoms with Crippen molar-refractivity contribution in [3.63, 3.8) is 0 Å². The molecule has 0 saturated carbocycles. The van der Waals surface area contributed by atoms with Crippen LogP contribution in [0.5, 0.6) is 0 Å². The number of anilines is 1. The molecule has 0 heterocycles. The summed E-state index contributed by atoms with van der Waals surface area (Å²) in [5.74, 6) is 0.0169. The minimum atomic E-state index is 0.0169. The fourth-order valence-electron chi connectivity index (χ4n) is 2.79.